The van der Waals surface area contributed by atoms with Gasteiger partial charge in [0.1, 0.15) is 13.2 Å². The average molecular weight is 463 g/mol. The van der Waals surface area contributed by atoms with E-state index in [1.165, 1.54) is 0 Å². The topological polar surface area (TPSA) is 94.6 Å². The lowest BCUT2D eigenvalue weighted by Gasteiger charge is -2.35. The maximum Gasteiger partial charge on any atom is 0.227 e. The zero-order chi connectivity index (χ0) is 23.5. The number of aryl methyl sites for hydroxylation is 1. The Morgan fingerprint density at radius 3 is 2.85 bits per heavy atom. The summed E-state index contributed by atoms with van der Waals surface area (Å²) in [5.41, 5.74) is 3.39. The molecule has 1 aliphatic carbocycles. The van der Waals surface area contributed by atoms with Crippen LogP contribution in [0, 0.1) is 12.8 Å². The number of ether oxygens (including phenoxy) is 3. The molecule has 3 heterocycles. The van der Waals surface area contributed by atoms with Gasteiger partial charge < -0.3 is 24.8 Å². The van der Waals surface area contributed by atoms with E-state index in [4.69, 9.17) is 14.2 Å². The van der Waals surface area contributed by atoms with Gasteiger partial charge in [0.2, 0.25) is 5.91 Å². The number of aromatic nitrogens is 2. The first-order valence-corrected chi connectivity index (χ1v) is 11.8. The van der Waals surface area contributed by atoms with Gasteiger partial charge in [-0.1, -0.05) is 18.2 Å². The zero-order valence-corrected chi connectivity index (χ0v) is 19.5. The molecule has 3 atom stereocenters. The molecule has 2 N–H and O–H groups in total. The third-order valence-corrected chi connectivity index (χ3v) is 6.61. The van der Waals surface area contributed by atoms with E-state index >= 15 is 0 Å². The molecule has 8 heteroatoms. The Kier molecular flexibility index (Phi) is 6.60. The number of nitrogens with zero attached hydrogens (tertiary/aromatic N) is 2. The van der Waals surface area contributed by atoms with E-state index < -0.39 is 0 Å². The third kappa shape index (κ3) is 4.83. The van der Waals surface area contributed by atoms with Gasteiger partial charge in [-0.3, -0.25) is 14.8 Å². The van der Waals surface area contributed by atoms with Gasteiger partial charge in [-0.05, 0) is 38.3 Å². The van der Waals surface area contributed by atoms with Crippen LogP contribution >= 0.6 is 0 Å². The molecule has 0 saturated heterocycles. The zero-order valence-electron chi connectivity index (χ0n) is 19.5. The summed E-state index contributed by atoms with van der Waals surface area (Å²) in [6, 6.07) is 11.9. The molecule has 0 spiro atoms. The summed E-state index contributed by atoms with van der Waals surface area (Å²) in [6.45, 7) is 3.65. The van der Waals surface area contributed by atoms with Crippen LogP contribution in [0.4, 0.5) is 5.69 Å². The number of fused-ring (bicyclic) bond motifs is 2. The van der Waals surface area contributed by atoms with E-state index in [1.54, 1.807) is 13.3 Å². The molecule has 1 aromatic carbocycles. The van der Waals surface area contributed by atoms with Crippen molar-refractivity contribution in [3.05, 3.63) is 54.0 Å². The molecule has 5 rings (SSSR count). The number of carbonyl (C=O) groups excluding carboxylic acids is 1. The van der Waals surface area contributed by atoms with E-state index in [-0.39, 0.29) is 24.0 Å². The van der Waals surface area contributed by atoms with Crippen molar-refractivity contribution >= 4 is 22.5 Å². The lowest BCUT2D eigenvalue weighted by atomic mass is 9.83. The highest BCUT2D eigenvalue weighted by molar-refractivity contribution is 6.01. The summed E-state index contributed by atoms with van der Waals surface area (Å²) in [5.74, 6) is 1.33. The summed E-state index contributed by atoms with van der Waals surface area (Å²) in [7, 11) is 1.71. The largest absolute Gasteiger partial charge is 0.486 e. The molecule has 178 valence electrons. The average Bonchev–Trinajstić information content (AvgIpc) is 2.87. The summed E-state index contributed by atoms with van der Waals surface area (Å²) < 4.78 is 17.0. The van der Waals surface area contributed by atoms with Crippen molar-refractivity contribution in [3.63, 3.8) is 0 Å². The van der Waals surface area contributed by atoms with Crippen molar-refractivity contribution in [3.8, 4) is 11.5 Å². The number of hydrogen-bond donors (Lipinski definition) is 2. The van der Waals surface area contributed by atoms with Crippen molar-refractivity contribution in [2.75, 3.05) is 25.6 Å². The maximum absolute atomic E-state index is 13.1. The Labute approximate surface area is 199 Å². The fourth-order valence-electron chi connectivity index (χ4n) is 4.76. The van der Waals surface area contributed by atoms with Crippen LogP contribution in [0.25, 0.3) is 10.9 Å². The molecule has 3 aromatic rings. The fourth-order valence-corrected chi connectivity index (χ4v) is 4.76. The maximum atomic E-state index is 13.1. The van der Waals surface area contributed by atoms with Gasteiger partial charge in [-0.2, -0.15) is 0 Å². The monoisotopic (exact) mass is 462 g/mol. The van der Waals surface area contributed by atoms with Crippen LogP contribution in [0.15, 0.2) is 42.6 Å². The summed E-state index contributed by atoms with van der Waals surface area (Å²) in [4.78, 5) is 22.2. The summed E-state index contributed by atoms with van der Waals surface area (Å²) in [6.07, 6.45) is 3.94. The minimum Gasteiger partial charge on any atom is -0.486 e. The second-order valence-corrected chi connectivity index (χ2v) is 8.91. The molecule has 1 aliphatic heterocycles. The Balaban J connectivity index is 1.20. The van der Waals surface area contributed by atoms with Crippen LogP contribution < -0.4 is 20.1 Å². The summed E-state index contributed by atoms with van der Waals surface area (Å²) in [5, 5.41) is 7.69. The molecule has 1 fully saturated rings. The lowest BCUT2D eigenvalue weighted by molar-refractivity contribution is -0.122. The molecule has 34 heavy (non-hydrogen) atoms. The van der Waals surface area contributed by atoms with Crippen molar-refractivity contribution in [1.29, 1.82) is 0 Å². The van der Waals surface area contributed by atoms with Crippen LogP contribution in [-0.4, -0.2) is 48.3 Å². The van der Waals surface area contributed by atoms with Gasteiger partial charge in [-0.25, -0.2) is 0 Å². The van der Waals surface area contributed by atoms with Gasteiger partial charge in [0.15, 0.2) is 11.5 Å². The SMILES string of the molecule is COC1CC(C(=O)Nc2cccc3ccc(C)nc23)CCC1NCc1cc2c(cn1)OCCO2. The second kappa shape index (κ2) is 9.95. The first-order valence-electron chi connectivity index (χ1n) is 11.8. The van der Waals surface area contributed by atoms with Crippen LogP contribution in [0.2, 0.25) is 0 Å². The van der Waals surface area contributed by atoms with Crippen molar-refractivity contribution < 1.29 is 19.0 Å². The Bertz CT molecular complexity index is 1180. The number of nitrogens with one attached hydrogen (secondary N) is 2. The third-order valence-electron chi connectivity index (χ3n) is 6.61. The minimum atomic E-state index is -0.115. The van der Waals surface area contributed by atoms with E-state index in [0.717, 1.165) is 46.6 Å². The number of hydrogen-bond acceptors (Lipinski definition) is 7. The molecule has 2 aromatic heterocycles. The van der Waals surface area contributed by atoms with Gasteiger partial charge in [0.25, 0.3) is 0 Å². The minimum absolute atomic E-state index is 0.0183. The van der Waals surface area contributed by atoms with Crippen molar-refractivity contribution in [1.82, 2.24) is 15.3 Å². The molecule has 2 aliphatic rings. The standard InChI is InChI=1S/C26H30N4O4/c1-16-6-7-17-4-3-5-21(25(17)29-16)30-26(31)18-8-9-20(22(12-18)32-2)28-14-19-13-23-24(15-27-19)34-11-10-33-23/h3-7,13,15,18,20,22,28H,8-12,14H2,1-2H3,(H,30,31). The molecular formula is C26H30N4O4. The highest BCUT2D eigenvalue weighted by Gasteiger charge is 2.34. The smallest absolute Gasteiger partial charge is 0.227 e. The number of benzene rings is 1. The van der Waals surface area contributed by atoms with Crippen LogP contribution in [-0.2, 0) is 16.1 Å². The quantitative estimate of drug-likeness (QED) is 0.578. The van der Waals surface area contributed by atoms with Gasteiger partial charge in [0, 0.05) is 42.8 Å². The number of carbonyl (C=O) groups is 1. The normalized spacial score (nSPS) is 21.9. The Morgan fingerprint density at radius 1 is 1.15 bits per heavy atom. The number of pyridine rings is 2. The first kappa shape index (κ1) is 22.6. The Morgan fingerprint density at radius 2 is 2.00 bits per heavy atom. The number of para-hydroxylation sites is 1. The molecule has 1 amide bonds. The van der Waals surface area contributed by atoms with Crippen LogP contribution in [0.5, 0.6) is 11.5 Å². The van der Waals surface area contributed by atoms with E-state index in [0.29, 0.717) is 31.9 Å². The lowest BCUT2D eigenvalue weighted by Crippen LogP contribution is -2.47. The summed E-state index contributed by atoms with van der Waals surface area (Å²) >= 11 is 0. The number of anilines is 1. The molecular weight excluding hydrogens is 432 g/mol. The van der Waals surface area contributed by atoms with Crippen molar-refractivity contribution in [2.24, 2.45) is 5.92 Å². The predicted molar refractivity (Wildman–Crippen MR) is 129 cm³/mol. The fraction of sp³-hybridized carbons (Fsp3) is 0.423. The van der Waals surface area contributed by atoms with Gasteiger partial charge in [0.05, 0.1) is 29.2 Å². The van der Waals surface area contributed by atoms with Crippen LogP contribution in [0.3, 0.4) is 0 Å². The predicted octanol–water partition coefficient (Wildman–Crippen LogP) is 3.62. The van der Waals surface area contributed by atoms with E-state index in [9.17, 15) is 4.79 Å². The Hall–Kier alpha value is -3.23. The number of amides is 1. The first-order chi connectivity index (χ1) is 16.6. The van der Waals surface area contributed by atoms with Crippen LogP contribution in [0.1, 0.15) is 30.7 Å². The molecule has 0 radical (unpaired) electrons. The van der Waals surface area contributed by atoms with Gasteiger partial charge in [-0.15, -0.1) is 0 Å². The highest BCUT2D eigenvalue weighted by Crippen LogP contribution is 2.31. The molecule has 3 unspecified atom stereocenters. The van der Waals surface area contributed by atoms with E-state index in [1.807, 2.05) is 43.3 Å². The van der Waals surface area contributed by atoms with E-state index in [2.05, 4.69) is 20.6 Å². The molecule has 1 saturated carbocycles. The number of rotatable bonds is 6. The molecule has 0 bridgehead atoms. The van der Waals surface area contributed by atoms with Gasteiger partial charge >= 0.3 is 0 Å². The van der Waals surface area contributed by atoms with Crippen molar-refractivity contribution in [2.45, 2.75) is 44.9 Å². The molecule has 8 nitrogen and oxygen atoms in total. The second-order valence-electron chi connectivity index (χ2n) is 8.91. The highest BCUT2D eigenvalue weighted by atomic mass is 16.6. The number of methoxy groups -OCH3 is 1.